The van der Waals surface area contributed by atoms with Crippen LogP contribution in [0.1, 0.15) is 47.8 Å². The van der Waals surface area contributed by atoms with Crippen molar-refractivity contribution >= 4 is 40.5 Å². The SMILES string of the molecule is Cc1ccccc1CC(=O)NC(=S)Nc1ccc(NC(=O)c2ccc(C(C)(C)C)cc2)cc1. The van der Waals surface area contributed by atoms with Crippen LogP contribution in [0.15, 0.2) is 72.8 Å². The van der Waals surface area contributed by atoms with Crippen molar-refractivity contribution in [2.45, 2.75) is 39.5 Å². The molecule has 3 rings (SSSR count). The minimum Gasteiger partial charge on any atom is -0.332 e. The number of amides is 2. The second kappa shape index (κ2) is 10.4. The van der Waals surface area contributed by atoms with Crippen LogP contribution in [0.3, 0.4) is 0 Å². The number of hydrogen-bond acceptors (Lipinski definition) is 3. The smallest absolute Gasteiger partial charge is 0.255 e. The molecule has 0 aromatic heterocycles. The Bertz CT molecular complexity index is 1150. The van der Waals surface area contributed by atoms with Gasteiger partial charge < -0.3 is 16.0 Å². The molecule has 3 aromatic rings. The predicted molar refractivity (Wildman–Crippen MR) is 139 cm³/mol. The third-order valence-corrected chi connectivity index (χ3v) is 5.48. The minimum atomic E-state index is -0.178. The normalized spacial score (nSPS) is 10.9. The van der Waals surface area contributed by atoms with Gasteiger partial charge in [0.2, 0.25) is 5.91 Å². The van der Waals surface area contributed by atoms with E-state index in [9.17, 15) is 9.59 Å². The summed E-state index contributed by atoms with van der Waals surface area (Å²) in [4.78, 5) is 24.8. The fourth-order valence-electron chi connectivity index (χ4n) is 3.28. The third kappa shape index (κ3) is 6.99. The lowest BCUT2D eigenvalue weighted by molar-refractivity contribution is -0.119. The Hall–Kier alpha value is -3.51. The molecule has 6 heteroatoms. The topological polar surface area (TPSA) is 70.2 Å². The summed E-state index contributed by atoms with van der Waals surface area (Å²) in [7, 11) is 0. The molecule has 0 saturated heterocycles. The summed E-state index contributed by atoms with van der Waals surface area (Å²) in [6, 6.07) is 22.5. The summed E-state index contributed by atoms with van der Waals surface area (Å²) >= 11 is 5.25. The van der Waals surface area contributed by atoms with Gasteiger partial charge in [0.15, 0.2) is 5.11 Å². The largest absolute Gasteiger partial charge is 0.332 e. The van der Waals surface area contributed by atoms with E-state index in [1.54, 1.807) is 24.3 Å². The molecule has 0 heterocycles. The molecule has 3 N–H and O–H groups in total. The molecular formula is C27H29N3O2S. The molecule has 0 aliphatic rings. The van der Waals surface area contributed by atoms with Crippen LogP contribution in [-0.4, -0.2) is 16.9 Å². The van der Waals surface area contributed by atoms with E-state index in [4.69, 9.17) is 12.2 Å². The first-order chi connectivity index (χ1) is 15.6. The molecule has 0 atom stereocenters. The van der Waals surface area contributed by atoms with Crippen LogP contribution in [0, 0.1) is 6.92 Å². The van der Waals surface area contributed by atoms with E-state index in [-0.39, 0.29) is 28.8 Å². The van der Waals surface area contributed by atoms with Gasteiger partial charge in [0, 0.05) is 16.9 Å². The lowest BCUT2D eigenvalue weighted by Crippen LogP contribution is -2.35. The molecule has 2 amide bonds. The first kappa shape index (κ1) is 24.1. The fraction of sp³-hybridized carbons (Fsp3) is 0.222. The number of anilines is 2. The van der Waals surface area contributed by atoms with Crippen LogP contribution in [0.4, 0.5) is 11.4 Å². The van der Waals surface area contributed by atoms with Gasteiger partial charge in [-0.2, -0.15) is 0 Å². The number of benzene rings is 3. The minimum absolute atomic E-state index is 0.0401. The molecule has 0 bridgehead atoms. The van der Waals surface area contributed by atoms with Gasteiger partial charge in [0.1, 0.15) is 0 Å². The number of aryl methyl sites for hydroxylation is 1. The molecule has 0 aliphatic heterocycles. The predicted octanol–water partition coefficient (Wildman–Crippen LogP) is 5.60. The van der Waals surface area contributed by atoms with E-state index in [1.165, 1.54) is 5.56 Å². The van der Waals surface area contributed by atoms with Gasteiger partial charge in [-0.25, -0.2) is 0 Å². The number of nitrogens with one attached hydrogen (secondary N) is 3. The van der Waals surface area contributed by atoms with Crippen molar-refractivity contribution in [1.29, 1.82) is 0 Å². The van der Waals surface area contributed by atoms with Gasteiger partial charge in [-0.3, -0.25) is 9.59 Å². The van der Waals surface area contributed by atoms with Crippen molar-refractivity contribution < 1.29 is 9.59 Å². The third-order valence-electron chi connectivity index (χ3n) is 5.28. The van der Waals surface area contributed by atoms with Gasteiger partial charge in [0.05, 0.1) is 6.42 Å². The molecule has 170 valence electrons. The van der Waals surface area contributed by atoms with Crippen molar-refractivity contribution in [3.8, 4) is 0 Å². The first-order valence-electron chi connectivity index (χ1n) is 10.8. The van der Waals surface area contributed by atoms with E-state index < -0.39 is 0 Å². The average molecular weight is 460 g/mol. The number of carbonyl (C=O) groups is 2. The molecule has 0 radical (unpaired) electrons. The summed E-state index contributed by atoms with van der Waals surface area (Å²) < 4.78 is 0. The van der Waals surface area contributed by atoms with Crippen LogP contribution in [-0.2, 0) is 16.6 Å². The maximum atomic E-state index is 12.5. The van der Waals surface area contributed by atoms with Crippen LogP contribution in [0.25, 0.3) is 0 Å². The number of rotatable bonds is 5. The Morgan fingerprint density at radius 3 is 1.97 bits per heavy atom. The van der Waals surface area contributed by atoms with Crippen molar-refractivity contribution in [1.82, 2.24) is 5.32 Å². The molecule has 0 unspecified atom stereocenters. The highest BCUT2D eigenvalue weighted by Crippen LogP contribution is 2.22. The first-order valence-corrected chi connectivity index (χ1v) is 11.2. The summed E-state index contributed by atoms with van der Waals surface area (Å²) in [5.74, 6) is -0.349. The van der Waals surface area contributed by atoms with Crippen molar-refractivity contribution in [2.75, 3.05) is 10.6 Å². The summed E-state index contributed by atoms with van der Waals surface area (Å²) in [6.45, 7) is 8.39. The Kier molecular flexibility index (Phi) is 7.61. The van der Waals surface area contributed by atoms with E-state index in [0.717, 1.165) is 11.1 Å². The van der Waals surface area contributed by atoms with E-state index in [2.05, 4.69) is 36.7 Å². The standard InChI is InChI=1S/C27H29N3O2S/c1-18-7-5-6-8-20(18)17-24(31)30-26(33)29-23-15-13-22(14-16-23)28-25(32)19-9-11-21(12-10-19)27(2,3)4/h5-16H,17H2,1-4H3,(H,28,32)(H2,29,30,31,33). The summed E-state index contributed by atoms with van der Waals surface area (Å²) in [5.41, 5.74) is 5.22. The monoisotopic (exact) mass is 459 g/mol. The zero-order valence-corrected chi connectivity index (χ0v) is 20.2. The molecule has 3 aromatic carbocycles. The van der Waals surface area contributed by atoms with Crippen molar-refractivity contribution in [3.05, 3.63) is 95.1 Å². The highest BCUT2D eigenvalue weighted by molar-refractivity contribution is 7.80. The second-order valence-corrected chi connectivity index (χ2v) is 9.37. The maximum Gasteiger partial charge on any atom is 0.255 e. The van der Waals surface area contributed by atoms with E-state index in [0.29, 0.717) is 16.9 Å². The Balaban J connectivity index is 1.52. The van der Waals surface area contributed by atoms with Crippen LogP contribution in [0.5, 0.6) is 0 Å². The number of carbonyl (C=O) groups excluding carboxylic acids is 2. The van der Waals surface area contributed by atoms with Gasteiger partial charge in [-0.15, -0.1) is 0 Å². The quantitative estimate of drug-likeness (QED) is 0.434. The van der Waals surface area contributed by atoms with Gasteiger partial charge in [-0.05, 0) is 77.6 Å². The van der Waals surface area contributed by atoms with Crippen molar-refractivity contribution in [3.63, 3.8) is 0 Å². The zero-order chi connectivity index (χ0) is 24.0. The summed E-state index contributed by atoms with van der Waals surface area (Å²) in [6.07, 6.45) is 0.260. The highest BCUT2D eigenvalue weighted by atomic mass is 32.1. The molecule has 5 nitrogen and oxygen atoms in total. The summed E-state index contributed by atoms with van der Waals surface area (Å²) in [5, 5.41) is 8.81. The number of thiocarbonyl (C=S) groups is 1. The van der Waals surface area contributed by atoms with Gasteiger partial charge in [-0.1, -0.05) is 57.2 Å². The Morgan fingerprint density at radius 1 is 0.818 bits per heavy atom. The van der Waals surface area contributed by atoms with E-state index >= 15 is 0 Å². The van der Waals surface area contributed by atoms with Gasteiger partial charge in [0.25, 0.3) is 5.91 Å². The second-order valence-electron chi connectivity index (χ2n) is 8.96. The van der Waals surface area contributed by atoms with Crippen LogP contribution >= 0.6 is 12.2 Å². The number of hydrogen-bond donors (Lipinski definition) is 3. The van der Waals surface area contributed by atoms with Crippen molar-refractivity contribution in [2.24, 2.45) is 0 Å². The fourth-order valence-corrected chi connectivity index (χ4v) is 3.51. The maximum absolute atomic E-state index is 12.5. The lowest BCUT2D eigenvalue weighted by atomic mass is 9.87. The molecule has 0 aliphatic carbocycles. The van der Waals surface area contributed by atoms with E-state index in [1.807, 2.05) is 55.5 Å². The van der Waals surface area contributed by atoms with Gasteiger partial charge >= 0.3 is 0 Å². The zero-order valence-electron chi connectivity index (χ0n) is 19.4. The molecule has 0 fully saturated rings. The van der Waals surface area contributed by atoms with Crippen LogP contribution < -0.4 is 16.0 Å². The van der Waals surface area contributed by atoms with Crippen LogP contribution in [0.2, 0.25) is 0 Å². The molecule has 0 saturated carbocycles. The highest BCUT2D eigenvalue weighted by Gasteiger charge is 2.14. The Labute approximate surface area is 200 Å². The average Bonchev–Trinajstić information content (AvgIpc) is 2.76. The lowest BCUT2D eigenvalue weighted by Gasteiger charge is -2.19. The molecule has 33 heavy (non-hydrogen) atoms. The molecule has 0 spiro atoms. The molecular weight excluding hydrogens is 430 g/mol. The Morgan fingerprint density at radius 2 is 1.39 bits per heavy atom.